The van der Waals surface area contributed by atoms with Gasteiger partial charge >= 0.3 is 98.2 Å². The van der Waals surface area contributed by atoms with E-state index in [1.165, 1.54) is 6.42 Å². The molecule has 0 N–H and O–H groups in total. The van der Waals surface area contributed by atoms with Crippen LogP contribution in [0.5, 0.6) is 0 Å². The molecule has 0 amide bonds. The van der Waals surface area contributed by atoms with Gasteiger partial charge in [-0.2, -0.15) is 0 Å². The van der Waals surface area contributed by atoms with Crippen LogP contribution in [0.4, 0.5) is 0 Å². The molecule has 3 saturated heterocycles. The second-order valence-corrected chi connectivity index (χ2v) is 18.1. The zero-order valence-electron chi connectivity index (χ0n) is 8.94. The van der Waals surface area contributed by atoms with Crippen molar-refractivity contribution in [1.29, 1.82) is 0 Å². The van der Waals surface area contributed by atoms with Gasteiger partial charge in [0.1, 0.15) is 0 Å². The molecule has 3 heterocycles. The Labute approximate surface area is 98.0 Å². The summed E-state index contributed by atoms with van der Waals surface area (Å²) < 4.78 is 27.8. The predicted molar refractivity (Wildman–Crippen MR) is 57.3 cm³/mol. The molecule has 0 radical (unpaired) electrons. The summed E-state index contributed by atoms with van der Waals surface area (Å²) >= 11 is -2.88. The van der Waals surface area contributed by atoms with Crippen LogP contribution in [0.1, 0.15) is 19.8 Å². The fourth-order valence-electron chi connectivity index (χ4n) is 1.26. The van der Waals surface area contributed by atoms with Crippen molar-refractivity contribution in [3.63, 3.8) is 0 Å². The van der Waals surface area contributed by atoms with Crippen LogP contribution < -0.4 is 0 Å². The van der Waals surface area contributed by atoms with Gasteiger partial charge in [-0.1, -0.05) is 0 Å². The SMILES string of the molecule is CCCCOCCOC[CH2][Pb]12[O]P([O]1)[O]2. The van der Waals surface area contributed by atoms with E-state index in [0.717, 1.165) is 17.0 Å². The molecule has 0 atom stereocenters. The van der Waals surface area contributed by atoms with E-state index in [1.54, 1.807) is 0 Å². The number of rotatable bonds is 9. The van der Waals surface area contributed by atoms with Crippen molar-refractivity contribution in [2.45, 2.75) is 23.7 Å². The van der Waals surface area contributed by atoms with E-state index in [2.05, 4.69) is 6.92 Å². The third kappa shape index (κ3) is 3.56. The van der Waals surface area contributed by atoms with E-state index in [-0.39, 0.29) is 0 Å². The topological polar surface area (TPSA) is 46.2 Å². The van der Waals surface area contributed by atoms with Crippen molar-refractivity contribution < 1.29 is 16.9 Å². The molecule has 5 nitrogen and oxygen atoms in total. The Bertz CT molecular complexity index is 188. The van der Waals surface area contributed by atoms with Crippen LogP contribution in [-0.2, 0) is 16.9 Å². The first kappa shape index (κ1) is 12.6. The molecule has 0 aromatic rings. The molecular formula is C8H17O5PPb. The first-order valence-corrected chi connectivity index (χ1v) is 14.0. The Balaban J connectivity index is 1.33. The van der Waals surface area contributed by atoms with Crippen LogP contribution in [0.25, 0.3) is 0 Å². The van der Waals surface area contributed by atoms with Crippen molar-refractivity contribution in [3.05, 3.63) is 0 Å². The first-order valence-electron chi connectivity index (χ1n) is 5.38. The minimum atomic E-state index is -2.88. The molecular weight excluding hydrogens is 414 g/mol. The minimum absolute atomic E-state index is 0.655. The Hall–Kier alpha value is 1.15. The Morgan fingerprint density at radius 1 is 1.00 bits per heavy atom. The summed E-state index contributed by atoms with van der Waals surface area (Å²) in [7, 11) is -0.839. The molecule has 0 spiro atoms. The van der Waals surface area contributed by atoms with Crippen LogP contribution in [0.3, 0.4) is 0 Å². The Morgan fingerprint density at radius 3 is 2.20 bits per heavy atom. The average Bonchev–Trinajstić information content (AvgIpc) is 2.10. The van der Waals surface area contributed by atoms with Gasteiger partial charge in [0.25, 0.3) is 0 Å². The molecule has 0 aromatic heterocycles. The van der Waals surface area contributed by atoms with Crippen molar-refractivity contribution in [1.82, 2.24) is 0 Å². The van der Waals surface area contributed by atoms with Gasteiger partial charge in [0.15, 0.2) is 0 Å². The first-order chi connectivity index (χ1) is 7.35. The van der Waals surface area contributed by atoms with Gasteiger partial charge < -0.3 is 0 Å². The van der Waals surface area contributed by atoms with Crippen molar-refractivity contribution in [2.24, 2.45) is 0 Å². The summed E-state index contributed by atoms with van der Waals surface area (Å²) in [6.07, 6.45) is 2.30. The monoisotopic (exact) mass is 432 g/mol. The predicted octanol–water partition coefficient (Wildman–Crippen LogP) is 2.06. The van der Waals surface area contributed by atoms with Gasteiger partial charge in [-0.15, -0.1) is 0 Å². The van der Waals surface area contributed by atoms with Crippen LogP contribution in [0.2, 0.25) is 3.98 Å². The number of ether oxygens (including phenoxy) is 2. The molecule has 3 rings (SSSR count). The van der Waals surface area contributed by atoms with E-state index in [0.29, 0.717) is 19.8 Å². The quantitative estimate of drug-likeness (QED) is 0.318. The second kappa shape index (κ2) is 6.18. The van der Waals surface area contributed by atoms with Crippen LogP contribution in [0.15, 0.2) is 0 Å². The van der Waals surface area contributed by atoms with Crippen molar-refractivity contribution >= 4 is 31.1 Å². The summed E-state index contributed by atoms with van der Waals surface area (Å²) in [4.78, 5) is 0. The molecule has 0 aliphatic carbocycles. The van der Waals surface area contributed by atoms with E-state index >= 15 is 0 Å². The van der Waals surface area contributed by atoms with Gasteiger partial charge in [0, 0.05) is 0 Å². The van der Waals surface area contributed by atoms with E-state index in [1.807, 2.05) is 0 Å². The van der Waals surface area contributed by atoms with Crippen LogP contribution in [0, 0.1) is 0 Å². The van der Waals surface area contributed by atoms with Crippen LogP contribution >= 0.6 is 8.60 Å². The molecule has 0 unspecified atom stereocenters. The van der Waals surface area contributed by atoms with E-state index < -0.39 is 31.1 Å². The van der Waals surface area contributed by atoms with Crippen molar-refractivity contribution in [3.8, 4) is 0 Å². The average molecular weight is 431 g/mol. The van der Waals surface area contributed by atoms with Crippen molar-refractivity contribution in [2.75, 3.05) is 26.4 Å². The van der Waals surface area contributed by atoms with Crippen LogP contribution in [-0.4, -0.2) is 49.0 Å². The van der Waals surface area contributed by atoms with Gasteiger partial charge in [-0.3, -0.25) is 0 Å². The van der Waals surface area contributed by atoms with E-state index in [9.17, 15) is 0 Å². The molecule has 3 aliphatic rings. The second-order valence-electron chi connectivity index (χ2n) is 3.51. The normalized spacial score (nSPS) is 32.2. The summed E-state index contributed by atoms with van der Waals surface area (Å²) in [5, 5.41) is 0. The molecule has 0 aromatic carbocycles. The zero-order chi connectivity index (χ0) is 10.6. The summed E-state index contributed by atoms with van der Waals surface area (Å²) in [5.74, 6) is 0. The molecule has 3 fully saturated rings. The molecule has 88 valence electrons. The third-order valence-electron chi connectivity index (χ3n) is 2.21. The summed E-state index contributed by atoms with van der Waals surface area (Å²) in [6, 6.07) is 0. The maximum absolute atomic E-state index is 5.41. The molecule has 7 heteroatoms. The van der Waals surface area contributed by atoms with Gasteiger partial charge in [-0.05, 0) is 0 Å². The van der Waals surface area contributed by atoms with E-state index in [4.69, 9.17) is 16.9 Å². The van der Waals surface area contributed by atoms with Gasteiger partial charge in [0.2, 0.25) is 0 Å². The molecule has 15 heavy (non-hydrogen) atoms. The third-order valence-corrected chi connectivity index (χ3v) is 21.6. The summed E-state index contributed by atoms with van der Waals surface area (Å²) in [5.41, 5.74) is 0. The van der Waals surface area contributed by atoms with Gasteiger partial charge in [-0.25, -0.2) is 0 Å². The summed E-state index contributed by atoms with van der Waals surface area (Å²) in [6.45, 7) is 5.01. The standard InChI is InChI=1S/C8H17O2.O3P.Pb/c1-3-5-6-10-8-7-9-4-2;1-4(2)3;/h2-8H2,1H3;;/q;-3;+3. The number of hydrogen-bond donors (Lipinski definition) is 0. The molecule has 3 aliphatic heterocycles. The number of unbranched alkanes of at least 4 members (excludes halogenated alkanes) is 1. The molecule has 2 bridgehead atoms. The number of hydrogen-bond acceptors (Lipinski definition) is 5. The van der Waals surface area contributed by atoms with Gasteiger partial charge in [0.05, 0.1) is 0 Å². The fraction of sp³-hybridized carbons (Fsp3) is 1.00. The molecule has 0 saturated carbocycles. The zero-order valence-corrected chi connectivity index (χ0v) is 13.7. The fourth-order valence-corrected chi connectivity index (χ4v) is 15.4. The maximum atomic E-state index is 5.41. The Morgan fingerprint density at radius 2 is 1.67 bits per heavy atom. The Kier molecular flexibility index (Phi) is 5.20.